The van der Waals surface area contributed by atoms with Gasteiger partial charge in [0.1, 0.15) is 5.75 Å². The minimum atomic E-state index is -4.48. The lowest BCUT2D eigenvalue weighted by atomic mass is 10.1. The summed E-state index contributed by atoms with van der Waals surface area (Å²) in [4.78, 5) is 12.0. The zero-order valence-electron chi connectivity index (χ0n) is 11.7. The topological polar surface area (TPSA) is 49.3 Å². The van der Waals surface area contributed by atoms with Crippen molar-refractivity contribution in [3.05, 3.63) is 62.1 Å². The van der Waals surface area contributed by atoms with E-state index in [1.807, 2.05) is 0 Å². The zero-order chi connectivity index (χ0) is 18.1. The first-order valence-corrected chi connectivity index (χ1v) is 7.55. The number of halogens is 6. The number of benzene rings is 2. The predicted octanol–water partition coefficient (Wildman–Crippen LogP) is 5.30. The Bertz CT molecular complexity index is 751. The summed E-state index contributed by atoms with van der Waals surface area (Å²) in [6, 6.07) is 4.95. The number of amides is 1. The summed E-state index contributed by atoms with van der Waals surface area (Å²) in [6.45, 7) is -0.204. The van der Waals surface area contributed by atoms with Crippen LogP contribution < -0.4 is 5.32 Å². The van der Waals surface area contributed by atoms with Crippen molar-refractivity contribution in [3.8, 4) is 5.75 Å². The molecule has 0 atom stereocenters. The molecule has 24 heavy (non-hydrogen) atoms. The molecule has 0 saturated carbocycles. The second-order valence-corrected chi connectivity index (χ2v) is 5.93. The molecule has 2 N–H and O–H groups in total. The Morgan fingerprint density at radius 3 is 2.21 bits per heavy atom. The van der Waals surface area contributed by atoms with Crippen LogP contribution in [0.5, 0.6) is 5.75 Å². The minimum Gasteiger partial charge on any atom is -0.506 e. The van der Waals surface area contributed by atoms with Gasteiger partial charge in [-0.3, -0.25) is 4.79 Å². The molecule has 1 amide bonds. The molecule has 0 aliphatic heterocycles. The number of carbonyl (C=O) groups excluding carboxylic acids is 1. The van der Waals surface area contributed by atoms with Gasteiger partial charge in [0.05, 0.1) is 20.6 Å². The quantitative estimate of drug-likeness (QED) is 0.689. The molecule has 9 heteroatoms. The second-order valence-electron chi connectivity index (χ2n) is 4.74. The first-order chi connectivity index (χ1) is 11.1. The summed E-state index contributed by atoms with van der Waals surface area (Å²) in [7, 11) is 0. The van der Waals surface area contributed by atoms with E-state index in [1.54, 1.807) is 0 Å². The standard InChI is InChI=1S/C15H9Cl3F3NO2/c16-10-5-11(17)13(23)9(12(10)18)6-22-14(24)7-1-3-8(4-2-7)15(19,20)21/h1-5,23H,6H2,(H,22,24). The van der Waals surface area contributed by atoms with Crippen LogP contribution in [0.3, 0.4) is 0 Å². The lowest BCUT2D eigenvalue weighted by Gasteiger charge is -2.12. The maximum Gasteiger partial charge on any atom is 0.416 e. The third-order valence-electron chi connectivity index (χ3n) is 3.14. The number of rotatable bonds is 3. The Labute approximate surface area is 149 Å². The predicted molar refractivity (Wildman–Crippen MR) is 85.8 cm³/mol. The van der Waals surface area contributed by atoms with Crippen LogP contribution >= 0.6 is 34.8 Å². The van der Waals surface area contributed by atoms with Crippen LogP contribution in [0, 0.1) is 0 Å². The van der Waals surface area contributed by atoms with E-state index in [0.717, 1.165) is 24.3 Å². The second kappa shape index (κ2) is 7.09. The van der Waals surface area contributed by atoms with Gasteiger partial charge in [-0.25, -0.2) is 0 Å². The van der Waals surface area contributed by atoms with Gasteiger partial charge in [0.2, 0.25) is 0 Å². The molecule has 2 aromatic carbocycles. The van der Waals surface area contributed by atoms with Gasteiger partial charge in [0.25, 0.3) is 5.91 Å². The number of alkyl halides is 3. The summed E-state index contributed by atoms with van der Waals surface area (Å²) in [6.07, 6.45) is -4.48. The third-order valence-corrected chi connectivity index (χ3v) is 4.25. The summed E-state index contributed by atoms with van der Waals surface area (Å²) in [5.41, 5.74) is -0.734. The van der Waals surface area contributed by atoms with Crippen molar-refractivity contribution in [2.45, 2.75) is 12.7 Å². The lowest BCUT2D eigenvalue weighted by molar-refractivity contribution is -0.137. The molecule has 0 unspecified atom stereocenters. The number of aromatic hydroxyl groups is 1. The fourth-order valence-electron chi connectivity index (χ4n) is 1.88. The molecule has 128 valence electrons. The molecule has 0 aliphatic rings. The molecule has 3 nitrogen and oxygen atoms in total. The molecule has 0 heterocycles. The summed E-state index contributed by atoms with van der Waals surface area (Å²) < 4.78 is 37.5. The highest BCUT2D eigenvalue weighted by molar-refractivity contribution is 6.44. The maximum absolute atomic E-state index is 12.5. The van der Waals surface area contributed by atoms with Crippen LogP contribution in [-0.4, -0.2) is 11.0 Å². The molecule has 2 rings (SSSR count). The van der Waals surface area contributed by atoms with Gasteiger partial charge in [0.15, 0.2) is 0 Å². The number of nitrogens with one attached hydrogen (secondary N) is 1. The first kappa shape index (κ1) is 18.7. The van der Waals surface area contributed by atoms with Crippen molar-refractivity contribution in [1.82, 2.24) is 5.32 Å². The summed E-state index contributed by atoms with van der Waals surface area (Å²) in [5.74, 6) is -0.978. The van der Waals surface area contributed by atoms with E-state index in [-0.39, 0.29) is 38.5 Å². The fraction of sp³-hybridized carbons (Fsp3) is 0.133. The highest BCUT2D eigenvalue weighted by Crippen LogP contribution is 2.38. The Hall–Kier alpha value is -1.63. The molecule has 0 aliphatic carbocycles. The molecule has 0 radical (unpaired) electrons. The van der Waals surface area contributed by atoms with Gasteiger partial charge in [-0.05, 0) is 30.3 Å². The van der Waals surface area contributed by atoms with Gasteiger partial charge in [-0.1, -0.05) is 34.8 Å². The lowest BCUT2D eigenvalue weighted by Crippen LogP contribution is -2.23. The van der Waals surface area contributed by atoms with Crippen molar-refractivity contribution in [2.75, 3.05) is 0 Å². The number of hydrogen-bond acceptors (Lipinski definition) is 2. The average Bonchev–Trinajstić information content (AvgIpc) is 2.52. The van der Waals surface area contributed by atoms with Crippen LogP contribution in [0.15, 0.2) is 30.3 Å². The van der Waals surface area contributed by atoms with E-state index >= 15 is 0 Å². The van der Waals surface area contributed by atoms with E-state index in [9.17, 15) is 23.1 Å². The maximum atomic E-state index is 12.5. The Morgan fingerprint density at radius 1 is 1.08 bits per heavy atom. The largest absolute Gasteiger partial charge is 0.506 e. The summed E-state index contributed by atoms with van der Waals surface area (Å²) >= 11 is 17.6. The number of carbonyl (C=O) groups is 1. The normalized spacial score (nSPS) is 11.4. The molecular weight excluding hydrogens is 390 g/mol. The van der Waals surface area contributed by atoms with Gasteiger partial charge >= 0.3 is 6.18 Å². The summed E-state index contributed by atoms with van der Waals surface area (Å²) in [5, 5.41) is 12.4. The van der Waals surface area contributed by atoms with Crippen molar-refractivity contribution in [1.29, 1.82) is 0 Å². The van der Waals surface area contributed by atoms with Gasteiger partial charge in [-0.15, -0.1) is 0 Å². The molecule has 0 aromatic heterocycles. The fourth-order valence-corrected chi connectivity index (χ4v) is 2.59. The molecule has 0 saturated heterocycles. The van der Waals surface area contributed by atoms with Crippen LogP contribution in [-0.2, 0) is 12.7 Å². The van der Waals surface area contributed by atoms with Crippen molar-refractivity contribution >= 4 is 40.7 Å². The Morgan fingerprint density at radius 2 is 1.67 bits per heavy atom. The highest BCUT2D eigenvalue weighted by Gasteiger charge is 2.30. The van der Waals surface area contributed by atoms with Crippen LogP contribution in [0.4, 0.5) is 13.2 Å². The van der Waals surface area contributed by atoms with E-state index in [2.05, 4.69) is 5.32 Å². The third kappa shape index (κ3) is 4.06. The van der Waals surface area contributed by atoms with Crippen LogP contribution in [0.2, 0.25) is 15.1 Å². The molecular formula is C15H9Cl3F3NO2. The minimum absolute atomic E-state index is 0.0197. The van der Waals surface area contributed by atoms with E-state index in [1.165, 1.54) is 6.07 Å². The Balaban J connectivity index is 2.14. The van der Waals surface area contributed by atoms with E-state index < -0.39 is 17.6 Å². The van der Waals surface area contributed by atoms with Crippen molar-refractivity contribution < 1.29 is 23.1 Å². The van der Waals surface area contributed by atoms with E-state index in [4.69, 9.17) is 34.8 Å². The highest BCUT2D eigenvalue weighted by atomic mass is 35.5. The molecule has 0 bridgehead atoms. The van der Waals surface area contributed by atoms with Crippen LogP contribution in [0.1, 0.15) is 21.5 Å². The molecule has 2 aromatic rings. The molecule has 0 fully saturated rings. The van der Waals surface area contributed by atoms with Crippen LogP contribution in [0.25, 0.3) is 0 Å². The zero-order valence-corrected chi connectivity index (χ0v) is 14.0. The van der Waals surface area contributed by atoms with Crippen molar-refractivity contribution in [2.24, 2.45) is 0 Å². The number of hydrogen-bond donors (Lipinski definition) is 2. The first-order valence-electron chi connectivity index (χ1n) is 6.42. The number of phenols is 1. The van der Waals surface area contributed by atoms with E-state index in [0.29, 0.717) is 0 Å². The SMILES string of the molecule is O=C(NCc1c(O)c(Cl)cc(Cl)c1Cl)c1ccc(C(F)(F)F)cc1. The monoisotopic (exact) mass is 397 g/mol. The average molecular weight is 399 g/mol. The smallest absolute Gasteiger partial charge is 0.416 e. The van der Waals surface area contributed by atoms with Gasteiger partial charge in [0, 0.05) is 17.7 Å². The van der Waals surface area contributed by atoms with Gasteiger partial charge < -0.3 is 10.4 Å². The molecule has 0 spiro atoms. The number of phenolic OH excluding ortho intramolecular Hbond substituents is 1. The van der Waals surface area contributed by atoms with Crippen molar-refractivity contribution in [3.63, 3.8) is 0 Å². The Kier molecular flexibility index (Phi) is 5.52. The van der Waals surface area contributed by atoms with Gasteiger partial charge in [-0.2, -0.15) is 13.2 Å².